The zero-order chi connectivity index (χ0) is 22.8. The number of hydrogen-bond acceptors (Lipinski definition) is 6. The van der Waals surface area contributed by atoms with Crippen LogP contribution >= 0.6 is 11.8 Å². The fourth-order valence-corrected chi connectivity index (χ4v) is 4.30. The van der Waals surface area contributed by atoms with Crippen LogP contribution in [0, 0.1) is 5.82 Å². The standard InChI is InChI=1S/C23H22FN3O4S/c1-27-21-20(22(29)26-23(27)32-3)16(11-19(28)25-21)14-6-9-17(18(10-14)30-2)31-12-13-4-7-15(24)8-5-13/h4-10,16H,11-12H2,1-3H3,(H,25,28). The van der Waals surface area contributed by atoms with Crippen LogP contribution in [-0.2, 0) is 18.4 Å². The van der Waals surface area contributed by atoms with Crippen molar-refractivity contribution in [3.63, 3.8) is 0 Å². The summed E-state index contributed by atoms with van der Waals surface area (Å²) in [5, 5.41) is 3.34. The molecule has 1 amide bonds. The molecule has 0 aliphatic carbocycles. The summed E-state index contributed by atoms with van der Waals surface area (Å²) >= 11 is 1.34. The van der Waals surface area contributed by atoms with Gasteiger partial charge in [-0.25, -0.2) is 4.39 Å². The van der Waals surface area contributed by atoms with Crippen molar-refractivity contribution in [1.29, 1.82) is 0 Å². The highest BCUT2D eigenvalue weighted by atomic mass is 32.2. The molecular formula is C23H22FN3O4S. The first-order valence-corrected chi connectivity index (χ1v) is 11.1. The molecule has 1 aliphatic rings. The Balaban J connectivity index is 1.67. The van der Waals surface area contributed by atoms with Crippen molar-refractivity contribution in [2.45, 2.75) is 24.1 Å². The zero-order valence-corrected chi connectivity index (χ0v) is 18.7. The monoisotopic (exact) mass is 455 g/mol. The molecule has 1 aromatic heterocycles. The molecular weight excluding hydrogens is 433 g/mol. The van der Waals surface area contributed by atoms with E-state index in [0.717, 1.165) is 11.1 Å². The van der Waals surface area contributed by atoms with Crippen LogP contribution in [0.1, 0.15) is 29.0 Å². The van der Waals surface area contributed by atoms with Crippen LogP contribution in [0.2, 0.25) is 0 Å². The number of methoxy groups -OCH3 is 1. The van der Waals surface area contributed by atoms with E-state index in [1.54, 1.807) is 35.9 Å². The van der Waals surface area contributed by atoms with Crippen LogP contribution in [0.5, 0.6) is 11.5 Å². The number of anilines is 1. The average Bonchev–Trinajstić information content (AvgIpc) is 2.80. The van der Waals surface area contributed by atoms with E-state index >= 15 is 0 Å². The first-order chi connectivity index (χ1) is 15.4. The summed E-state index contributed by atoms with van der Waals surface area (Å²) in [7, 11) is 3.30. The summed E-state index contributed by atoms with van der Waals surface area (Å²) in [4.78, 5) is 29.4. The van der Waals surface area contributed by atoms with E-state index in [4.69, 9.17) is 9.47 Å². The maximum absolute atomic E-state index is 13.1. The summed E-state index contributed by atoms with van der Waals surface area (Å²) in [5.41, 5.74) is 1.66. The minimum Gasteiger partial charge on any atom is -0.493 e. The fourth-order valence-electron chi connectivity index (χ4n) is 3.76. The van der Waals surface area contributed by atoms with E-state index in [0.29, 0.717) is 28.0 Å². The lowest BCUT2D eigenvalue weighted by Gasteiger charge is -2.27. The number of nitrogens with zero attached hydrogens (tertiary/aromatic N) is 2. The molecule has 0 spiro atoms. The first kappa shape index (κ1) is 21.9. The van der Waals surface area contributed by atoms with Gasteiger partial charge in [0.05, 0.1) is 12.7 Å². The molecule has 0 radical (unpaired) electrons. The Morgan fingerprint density at radius 1 is 1.19 bits per heavy atom. The molecule has 1 atom stereocenters. The van der Waals surface area contributed by atoms with Crippen LogP contribution in [0.3, 0.4) is 0 Å². The minimum atomic E-state index is -0.457. The number of fused-ring (bicyclic) bond motifs is 1. The van der Waals surface area contributed by atoms with Gasteiger partial charge in [0.25, 0.3) is 5.56 Å². The van der Waals surface area contributed by atoms with Gasteiger partial charge in [0.1, 0.15) is 18.2 Å². The van der Waals surface area contributed by atoms with Gasteiger partial charge in [-0.05, 0) is 41.6 Å². The molecule has 0 saturated carbocycles. The minimum absolute atomic E-state index is 0.126. The molecule has 1 N–H and O–H groups in total. The lowest BCUT2D eigenvalue weighted by Crippen LogP contribution is -2.33. The molecule has 2 aromatic carbocycles. The molecule has 3 aromatic rings. The number of ether oxygens (including phenoxy) is 2. The molecule has 4 rings (SSSR count). The number of nitrogens with one attached hydrogen (secondary N) is 1. The highest BCUT2D eigenvalue weighted by Crippen LogP contribution is 2.39. The number of thioether (sulfide) groups is 1. The second-order valence-electron chi connectivity index (χ2n) is 7.36. The lowest BCUT2D eigenvalue weighted by atomic mass is 9.86. The Kier molecular flexibility index (Phi) is 6.18. The third-order valence-corrected chi connectivity index (χ3v) is 6.11. The Labute approximate surface area is 188 Å². The number of hydrogen-bond donors (Lipinski definition) is 1. The summed E-state index contributed by atoms with van der Waals surface area (Å²) in [6.45, 7) is 0.243. The Morgan fingerprint density at radius 3 is 2.62 bits per heavy atom. The molecule has 0 saturated heterocycles. The number of halogens is 1. The third kappa shape index (κ3) is 4.20. The SMILES string of the molecule is COc1cc(C2CC(=O)Nc3c2c(=O)nc(SC)n3C)ccc1OCc1ccc(F)cc1. The number of aromatic nitrogens is 2. The van der Waals surface area contributed by atoms with Crippen molar-refractivity contribution >= 4 is 23.5 Å². The number of rotatable bonds is 6. The van der Waals surface area contributed by atoms with E-state index in [1.807, 2.05) is 12.3 Å². The Morgan fingerprint density at radius 2 is 1.94 bits per heavy atom. The van der Waals surface area contributed by atoms with Gasteiger partial charge in [-0.1, -0.05) is 30.0 Å². The first-order valence-electron chi connectivity index (χ1n) is 9.91. The highest BCUT2D eigenvalue weighted by Gasteiger charge is 2.32. The van der Waals surface area contributed by atoms with Crippen LogP contribution in [0.25, 0.3) is 0 Å². The van der Waals surface area contributed by atoms with Crippen molar-refractivity contribution in [2.24, 2.45) is 7.05 Å². The number of benzene rings is 2. The van der Waals surface area contributed by atoms with Crippen LogP contribution in [0.15, 0.2) is 52.4 Å². The molecule has 32 heavy (non-hydrogen) atoms. The van der Waals surface area contributed by atoms with E-state index in [1.165, 1.54) is 31.0 Å². The van der Waals surface area contributed by atoms with Crippen LogP contribution < -0.4 is 20.3 Å². The van der Waals surface area contributed by atoms with Gasteiger partial charge in [-0.2, -0.15) is 4.98 Å². The van der Waals surface area contributed by atoms with Crippen molar-refractivity contribution in [3.8, 4) is 11.5 Å². The van der Waals surface area contributed by atoms with Gasteiger partial charge < -0.3 is 19.4 Å². The highest BCUT2D eigenvalue weighted by molar-refractivity contribution is 7.98. The number of amides is 1. The van der Waals surface area contributed by atoms with Crippen molar-refractivity contribution in [1.82, 2.24) is 9.55 Å². The smallest absolute Gasteiger partial charge is 0.279 e. The van der Waals surface area contributed by atoms with E-state index < -0.39 is 5.92 Å². The summed E-state index contributed by atoms with van der Waals surface area (Å²) in [6.07, 6.45) is 1.95. The van der Waals surface area contributed by atoms with E-state index in [-0.39, 0.29) is 30.3 Å². The fraction of sp³-hybridized carbons (Fsp3) is 0.261. The molecule has 9 heteroatoms. The number of carbonyl (C=O) groups is 1. The Hall–Kier alpha value is -3.33. The van der Waals surface area contributed by atoms with Gasteiger partial charge in [-0.3, -0.25) is 9.59 Å². The zero-order valence-electron chi connectivity index (χ0n) is 17.8. The molecule has 7 nitrogen and oxygen atoms in total. The quantitative estimate of drug-likeness (QED) is 0.451. The van der Waals surface area contributed by atoms with Gasteiger partial charge in [0.15, 0.2) is 16.7 Å². The molecule has 0 bridgehead atoms. The van der Waals surface area contributed by atoms with Gasteiger partial charge in [0.2, 0.25) is 5.91 Å². The van der Waals surface area contributed by atoms with E-state index in [9.17, 15) is 14.0 Å². The van der Waals surface area contributed by atoms with Gasteiger partial charge in [-0.15, -0.1) is 0 Å². The average molecular weight is 456 g/mol. The maximum atomic E-state index is 13.1. The second-order valence-corrected chi connectivity index (χ2v) is 8.13. The number of carbonyl (C=O) groups excluding carboxylic acids is 1. The second kappa shape index (κ2) is 9.04. The predicted octanol–water partition coefficient (Wildman–Crippen LogP) is 3.70. The molecule has 1 aliphatic heterocycles. The topological polar surface area (TPSA) is 82.5 Å². The third-order valence-electron chi connectivity index (χ3n) is 5.38. The van der Waals surface area contributed by atoms with E-state index in [2.05, 4.69) is 10.3 Å². The summed E-state index contributed by atoms with van der Waals surface area (Å²) in [5.74, 6) is 0.503. The summed E-state index contributed by atoms with van der Waals surface area (Å²) < 4.78 is 26.2. The molecule has 1 unspecified atom stereocenters. The van der Waals surface area contributed by atoms with Crippen molar-refractivity contribution in [3.05, 3.63) is 75.3 Å². The van der Waals surface area contributed by atoms with Crippen LogP contribution in [0.4, 0.5) is 10.2 Å². The lowest BCUT2D eigenvalue weighted by molar-refractivity contribution is -0.116. The largest absolute Gasteiger partial charge is 0.493 e. The van der Waals surface area contributed by atoms with Crippen molar-refractivity contribution < 1.29 is 18.7 Å². The van der Waals surface area contributed by atoms with Crippen LogP contribution in [-0.4, -0.2) is 28.8 Å². The molecule has 2 heterocycles. The van der Waals surface area contributed by atoms with Gasteiger partial charge >= 0.3 is 0 Å². The van der Waals surface area contributed by atoms with Crippen molar-refractivity contribution in [2.75, 3.05) is 18.7 Å². The summed E-state index contributed by atoms with van der Waals surface area (Å²) in [6, 6.07) is 11.4. The molecule has 166 valence electrons. The maximum Gasteiger partial charge on any atom is 0.279 e. The van der Waals surface area contributed by atoms with Gasteiger partial charge in [0, 0.05) is 19.4 Å². The normalized spacial score (nSPS) is 15.1. The Bertz CT molecular complexity index is 1230. The predicted molar refractivity (Wildman–Crippen MR) is 120 cm³/mol. The molecule has 0 fully saturated rings.